The van der Waals surface area contributed by atoms with Crippen LogP contribution in [0.25, 0.3) is 0 Å². The normalized spacial score (nSPS) is 16.6. The van der Waals surface area contributed by atoms with E-state index in [4.69, 9.17) is 0 Å². The van der Waals surface area contributed by atoms with Gasteiger partial charge in [0.2, 0.25) is 5.91 Å². The van der Waals surface area contributed by atoms with Crippen molar-refractivity contribution in [1.29, 1.82) is 0 Å². The highest BCUT2D eigenvalue weighted by Crippen LogP contribution is 2.25. The number of aryl methyl sites for hydroxylation is 1. The van der Waals surface area contributed by atoms with E-state index in [1.165, 1.54) is 0 Å². The van der Waals surface area contributed by atoms with Gasteiger partial charge < -0.3 is 16.0 Å². The van der Waals surface area contributed by atoms with E-state index < -0.39 is 0 Å². The molecule has 0 radical (unpaired) electrons. The van der Waals surface area contributed by atoms with Crippen LogP contribution >= 0.6 is 0 Å². The Morgan fingerprint density at radius 1 is 1.10 bits per heavy atom. The Bertz CT molecular complexity index is 639. The van der Waals surface area contributed by atoms with Crippen LogP contribution in [0.15, 0.2) is 48.5 Å². The molecule has 0 fully saturated rings. The average Bonchev–Trinajstić information content (AvgIpc) is 2.49. The van der Waals surface area contributed by atoms with Crippen molar-refractivity contribution in [3.63, 3.8) is 0 Å². The van der Waals surface area contributed by atoms with Gasteiger partial charge in [-0.3, -0.25) is 4.79 Å². The summed E-state index contributed by atoms with van der Waals surface area (Å²) >= 11 is 0. The first kappa shape index (κ1) is 12.5. The maximum Gasteiger partial charge on any atom is 0.248 e. The predicted molar refractivity (Wildman–Crippen MR) is 82.2 cm³/mol. The summed E-state index contributed by atoms with van der Waals surface area (Å²) in [6, 6.07) is 15.4. The molecule has 3 N–H and O–H groups in total. The number of benzene rings is 2. The Balaban J connectivity index is 1.72. The summed E-state index contributed by atoms with van der Waals surface area (Å²) in [6.45, 7) is 2.56. The lowest BCUT2D eigenvalue weighted by Gasteiger charge is -2.27. The summed E-state index contributed by atoms with van der Waals surface area (Å²) in [5.74, 6) is -0.0266. The number of fused-ring (bicyclic) bond motifs is 1. The summed E-state index contributed by atoms with van der Waals surface area (Å²) in [5.41, 5.74) is 3.92. The van der Waals surface area contributed by atoms with Crippen molar-refractivity contribution < 1.29 is 4.79 Å². The molecule has 2 aromatic rings. The van der Waals surface area contributed by atoms with Crippen molar-refractivity contribution >= 4 is 23.0 Å². The van der Waals surface area contributed by atoms with Crippen LogP contribution in [0.3, 0.4) is 0 Å². The molecule has 0 aromatic heterocycles. The monoisotopic (exact) mass is 267 g/mol. The van der Waals surface area contributed by atoms with E-state index >= 15 is 0 Å². The molecule has 1 amide bonds. The molecular formula is C16H17N3O. The molecule has 4 nitrogen and oxygen atoms in total. The second-order valence-corrected chi connectivity index (χ2v) is 4.93. The zero-order valence-electron chi connectivity index (χ0n) is 11.3. The summed E-state index contributed by atoms with van der Waals surface area (Å²) in [5, 5.41) is 9.50. The Morgan fingerprint density at radius 3 is 2.60 bits per heavy atom. The standard InChI is InChI=1S/C16H17N3O/c1-11-6-2-3-7-12(11)19-16(20)15-10-17-13-8-4-5-9-14(13)18-15/h2-9,15,17-18H,10H2,1H3,(H,19,20). The molecule has 1 atom stereocenters. The average molecular weight is 267 g/mol. The van der Waals surface area contributed by atoms with E-state index in [9.17, 15) is 4.79 Å². The van der Waals surface area contributed by atoms with Crippen LogP contribution in [0.4, 0.5) is 17.1 Å². The Labute approximate surface area is 118 Å². The molecule has 4 heteroatoms. The van der Waals surface area contributed by atoms with Crippen LogP contribution < -0.4 is 16.0 Å². The molecule has 102 valence electrons. The molecule has 20 heavy (non-hydrogen) atoms. The number of amides is 1. The van der Waals surface area contributed by atoms with E-state index in [0.717, 1.165) is 22.6 Å². The van der Waals surface area contributed by atoms with Gasteiger partial charge in [-0.05, 0) is 30.7 Å². The summed E-state index contributed by atoms with van der Waals surface area (Å²) in [6.07, 6.45) is 0. The van der Waals surface area contributed by atoms with E-state index in [-0.39, 0.29) is 11.9 Å². The second-order valence-electron chi connectivity index (χ2n) is 4.93. The van der Waals surface area contributed by atoms with Gasteiger partial charge in [-0.25, -0.2) is 0 Å². The quantitative estimate of drug-likeness (QED) is 0.784. The lowest BCUT2D eigenvalue weighted by atomic mass is 10.1. The first-order chi connectivity index (χ1) is 9.74. The summed E-state index contributed by atoms with van der Waals surface area (Å²) in [7, 11) is 0. The SMILES string of the molecule is Cc1ccccc1NC(=O)C1CNc2ccccc2N1. The fourth-order valence-corrected chi connectivity index (χ4v) is 2.31. The molecule has 3 rings (SSSR count). The van der Waals surface area contributed by atoms with Crippen LogP contribution in [0, 0.1) is 6.92 Å². The zero-order valence-corrected chi connectivity index (χ0v) is 11.3. The molecule has 0 saturated carbocycles. The lowest BCUT2D eigenvalue weighted by molar-refractivity contribution is -0.116. The van der Waals surface area contributed by atoms with E-state index in [1.807, 2.05) is 55.5 Å². The molecule has 0 spiro atoms. The number of nitrogens with one attached hydrogen (secondary N) is 3. The van der Waals surface area contributed by atoms with Gasteiger partial charge in [-0.1, -0.05) is 30.3 Å². The van der Waals surface area contributed by atoms with Gasteiger partial charge >= 0.3 is 0 Å². The van der Waals surface area contributed by atoms with Crippen LogP contribution in [-0.4, -0.2) is 18.5 Å². The van der Waals surface area contributed by atoms with Crippen molar-refractivity contribution in [2.75, 3.05) is 22.5 Å². The minimum absolute atomic E-state index is 0.0266. The fourth-order valence-electron chi connectivity index (χ4n) is 2.31. The molecule has 1 aliphatic rings. The molecule has 1 aliphatic heterocycles. The number of hydrogen-bond donors (Lipinski definition) is 3. The third-order valence-electron chi connectivity index (χ3n) is 3.47. The minimum Gasteiger partial charge on any atom is -0.381 e. The third kappa shape index (κ3) is 2.45. The number of anilines is 3. The largest absolute Gasteiger partial charge is 0.381 e. The molecule has 1 heterocycles. The zero-order chi connectivity index (χ0) is 13.9. The highest BCUT2D eigenvalue weighted by molar-refractivity contribution is 5.98. The minimum atomic E-state index is -0.274. The first-order valence-corrected chi connectivity index (χ1v) is 6.70. The van der Waals surface area contributed by atoms with Crippen LogP contribution in [0.5, 0.6) is 0 Å². The van der Waals surface area contributed by atoms with Gasteiger partial charge in [0.25, 0.3) is 0 Å². The fraction of sp³-hybridized carbons (Fsp3) is 0.188. The third-order valence-corrected chi connectivity index (χ3v) is 3.47. The molecule has 1 unspecified atom stereocenters. The van der Waals surface area contributed by atoms with Gasteiger partial charge in [0.1, 0.15) is 6.04 Å². The highest BCUT2D eigenvalue weighted by atomic mass is 16.2. The maximum atomic E-state index is 12.3. The predicted octanol–water partition coefficient (Wildman–Crippen LogP) is 2.84. The van der Waals surface area contributed by atoms with Gasteiger partial charge in [-0.15, -0.1) is 0 Å². The molecule has 2 aromatic carbocycles. The summed E-state index contributed by atoms with van der Waals surface area (Å²) < 4.78 is 0. The lowest BCUT2D eigenvalue weighted by Crippen LogP contribution is -2.42. The van der Waals surface area contributed by atoms with Gasteiger partial charge in [0.15, 0.2) is 0 Å². The number of carbonyl (C=O) groups excluding carboxylic acids is 1. The van der Waals surface area contributed by atoms with Crippen molar-refractivity contribution in [3.8, 4) is 0 Å². The van der Waals surface area contributed by atoms with Crippen molar-refractivity contribution in [2.45, 2.75) is 13.0 Å². The molecular weight excluding hydrogens is 250 g/mol. The van der Waals surface area contributed by atoms with Gasteiger partial charge in [-0.2, -0.15) is 0 Å². The molecule has 0 saturated heterocycles. The van der Waals surface area contributed by atoms with E-state index in [1.54, 1.807) is 0 Å². The van der Waals surface area contributed by atoms with Gasteiger partial charge in [0, 0.05) is 12.2 Å². The Hall–Kier alpha value is -2.49. The second kappa shape index (κ2) is 5.25. The molecule has 0 bridgehead atoms. The van der Waals surface area contributed by atoms with E-state index in [2.05, 4.69) is 16.0 Å². The topological polar surface area (TPSA) is 53.2 Å². The summed E-state index contributed by atoms with van der Waals surface area (Å²) in [4.78, 5) is 12.3. The van der Waals surface area contributed by atoms with Crippen LogP contribution in [-0.2, 0) is 4.79 Å². The van der Waals surface area contributed by atoms with Crippen LogP contribution in [0.1, 0.15) is 5.56 Å². The Kier molecular flexibility index (Phi) is 3.29. The first-order valence-electron chi connectivity index (χ1n) is 6.70. The van der Waals surface area contributed by atoms with Crippen LogP contribution in [0.2, 0.25) is 0 Å². The maximum absolute atomic E-state index is 12.3. The van der Waals surface area contributed by atoms with Crippen molar-refractivity contribution in [2.24, 2.45) is 0 Å². The molecule has 0 aliphatic carbocycles. The van der Waals surface area contributed by atoms with E-state index in [0.29, 0.717) is 6.54 Å². The number of hydrogen-bond acceptors (Lipinski definition) is 3. The number of para-hydroxylation sites is 3. The van der Waals surface area contributed by atoms with Gasteiger partial charge in [0.05, 0.1) is 11.4 Å². The number of carbonyl (C=O) groups is 1. The highest BCUT2D eigenvalue weighted by Gasteiger charge is 2.23. The Morgan fingerprint density at radius 2 is 1.80 bits per heavy atom. The smallest absolute Gasteiger partial charge is 0.248 e. The van der Waals surface area contributed by atoms with Crippen molar-refractivity contribution in [1.82, 2.24) is 0 Å². The van der Waals surface area contributed by atoms with Crippen molar-refractivity contribution in [3.05, 3.63) is 54.1 Å². The number of rotatable bonds is 2.